The summed E-state index contributed by atoms with van der Waals surface area (Å²) in [6.45, 7) is 1.11. The van der Waals surface area contributed by atoms with E-state index in [2.05, 4.69) is 24.3 Å². The van der Waals surface area contributed by atoms with E-state index in [1.54, 1.807) is 35.5 Å². The maximum absolute atomic E-state index is 13.1. The molecule has 1 aliphatic carbocycles. The van der Waals surface area contributed by atoms with Crippen LogP contribution in [0.15, 0.2) is 78.2 Å². The average Bonchev–Trinajstić information content (AvgIpc) is 3.52. The normalized spacial score (nSPS) is 13.6. The summed E-state index contributed by atoms with van der Waals surface area (Å²) in [6, 6.07) is 23.6. The molecule has 1 amide bonds. The smallest absolute Gasteiger partial charge is 0.335 e. The van der Waals surface area contributed by atoms with E-state index >= 15 is 0 Å². The highest BCUT2D eigenvalue weighted by Gasteiger charge is 2.19. The van der Waals surface area contributed by atoms with Crippen LogP contribution in [0.4, 0.5) is 10.8 Å². The van der Waals surface area contributed by atoms with Crippen LogP contribution in [0.5, 0.6) is 0 Å². The molecule has 0 bridgehead atoms. The molecule has 1 heterocycles. The lowest BCUT2D eigenvalue weighted by Gasteiger charge is -2.24. The summed E-state index contributed by atoms with van der Waals surface area (Å²) in [4.78, 5) is 32.8. The molecule has 4 aromatic rings. The molecular formula is C34H37N3O4S. The molecule has 1 aliphatic rings. The van der Waals surface area contributed by atoms with Gasteiger partial charge in [-0.3, -0.25) is 4.79 Å². The van der Waals surface area contributed by atoms with E-state index in [0.717, 1.165) is 33.2 Å². The number of carboxylic acid groups (broad SMARTS) is 1. The molecule has 0 atom stereocenters. The van der Waals surface area contributed by atoms with Crippen LogP contribution >= 0.6 is 11.3 Å². The number of carbonyl (C=O) groups excluding carboxylic acids is 1. The molecule has 3 aromatic carbocycles. The summed E-state index contributed by atoms with van der Waals surface area (Å²) in [5.74, 6) is -0.362. The van der Waals surface area contributed by atoms with E-state index < -0.39 is 5.97 Å². The third-order valence-electron chi connectivity index (χ3n) is 7.88. The number of aromatic carboxylic acids is 1. The molecule has 0 radical (unpaired) electrons. The first-order valence-corrected chi connectivity index (χ1v) is 15.3. The number of aromatic nitrogens is 1. The van der Waals surface area contributed by atoms with Crippen molar-refractivity contribution in [3.8, 4) is 11.3 Å². The Balaban J connectivity index is 1.26. The first-order valence-electron chi connectivity index (χ1n) is 14.4. The van der Waals surface area contributed by atoms with Crippen molar-refractivity contribution < 1.29 is 19.4 Å². The summed E-state index contributed by atoms with van der Waals surface area (Å²) < 4.78 is 5.19. The highest BCUT2D eigenvalue weighted by molar-refractivity contribution is 7.14. The van der Waals surface area contributed by atoms with Crippen molar-refractivity contribution in [1.29, 1.82) is 0 Å². The van der Waals surface area contributed by atoms with Gasteiger partial charge >= 0.3 is 5.97 Å². The molecule has 5 rings (SSSR count). The van der Waals surface area contributed by atoms with Crippen LogP contribution in [0.1, 0.15) is 65.1 Å². The topological polar surface area (TPSA) is 83.0 Å². The van der Waals surface area contributed by atoms with Crippen LogP contribution in [-0.4, -0.2) is 42.7 Å². The van der Waals surface area contributed by atoms with E-state index in [9.17, 15) is 9.59 Å². The van der Waals surface area contributed by atoms with Crippen LogP contribution in [0.3, 0.4) is 0 Å². The molecular weight excluding hydrogens is 546 g/mol. The number of nitrogens with zero attached hydrogens (tertiary/aromatic N) is 3. The number of amides is 1. The molecule has 218 valence electrons. The number of ether oxygens (including phenoxy) is 1. The highest BCUT2D eigenvalue weighted by Crippen LogP contribution is 2.33. The number of thiazole rings is 1. The molecule has 8 heteroatoms. The Morgan fingerprint density at radius 2 is 1.55 bits per heavy atom. The number of anilines is 2. The third kappa shape index (κ3) is 7.24. The summed E-state index contributed by atoms with van der Waals surface area (Å²) in [5.41, 5.74) is 6.42. The highest BCUT2D eigenvalue weighted by atomic mass is 32.1. The second-order valence-electron chi connectivity index (χ2n) is 10.9. The lowest BCUT2D eigenvalue weighted by molar-refractivity contribution is -0.122. The van der Waals surface area contributed by atoms with Crippen LogP contribution in [-0.2, 0) is 22.6 Å². The Hall–Kier alpha value is -4.01. The summed E-state index contributed by atoms with van der Waals surface area (Å²) in [7, 11) is 3.51. The number of methoxy groups -OCH3 is 1. The molecule has 0 saturated heterocycles. The Bertz CT molecular complexity index is 1480. The SMILES string of the molecule is COCC(=O)N(Cc1ccc(C2CCCCC2)cc1)c1ccc(-c2csc(N(C)Cc3ccc(C(=O)O)cc3)n2)cc1. The Morgan fingerprint density at radius 1 is 0.905 bits per heavy atom. The van der Waals surface area contributed by atoms with Gasteiger partial charge in [0.15, 0.2) is 5.13 Å². The number of carbonyl (C=O) groups is 2. The number of benzene rings is 3. The van der Waals surface area contributed by atoms with Crippen molar-refractivity contribution in [1.82, 2.24) is 4.98 Å². The predicted octanol–water partition coefficient (Wildman–Crippen LogP) is 7.37. The van der Waals surface area contributed by atoms with Gasteiger partial charge < -0.3 is 19.6 Å². The standard InChI is InChI=1S/C34H37N3O4S/c1-36(20-24-10-14-29(15-11-24)33(39)40)34-35-31(23-42-34)28-16-18-30(19-17-28)37(32(38)22-41-2)21-25-8-12-27(13-9-25)26-6-4-3-5-7-26/h8-19,23,26H,3-7,20-22H2,1-2H3,(H,39,40). The maximum atomic E-state index is 13.1. The van der Waals surface area contributed by atoms with Gasteiger partial charge in [0.05, 0.1) is 17.8 Å². The van der Waals surface area contributed by atoms with Gasteiger partial charge in [-0.1, -0.05) is 67.8 Å². The van der Waals surface area contributed by atoms with Crippen LogP contribution < -0.4 is 9.80 Å². The lowest BCUT2D eigenvalue weighted by atomic mass is 9.84. The Morgan fingerprint density at radius 3 is 2.19 bits per heavy atom. The monoisotopic (exact) mass is 583 g/mol. The van der Waals surface area contributed by atoms with Gasteiger partial charge in [-0.15, -0.1) is 11.3 Å². The fourth-order valence-corrected chi connectivity index (χ4v) is 6.32. The fraction of sp³-hybridized carbons (Fsp3) is 0.324. The molecule has 0 spiro atoms. The minimum atomic E-state index is -0.930. The van der Waals surface area contributed by atoms with E-state index in [1.165, 1.54) is 37.7 Å². The quantitative estimate of drug-likeness (QED) is 0.199. The van der Waals surface area contributed by atoms with Crippen LogP contribution in [0.25, 0.3) is 11.3 Å². The first-order chi connectivity index (χ1) is 20.4. The van der Waals surface area contributed by atoms with Crippen molar-refractivity contribution in [2.75, 3.05) is 30.6 Å². The summed E-state index contributed by atoms with van der Waals surface area (Å²) >= 11 is 1.55. The zero-order chi connectivity index (χ0) is 29.5. The average molecular weight is 584 g/mol. The predicted molar refractivity (Wildman–Crippen MR) is 168 cm³/mol. The minimum Gasteiger partial charge on any atom is -0.478 e. The van der Waals surface area contributed by atoms with Gasteiger partial charge in [-0.25, -0.2) is 9.78 Å². The molecule has 1 fully saturated rings. The zero-order valence-electron chi connectivity index (χ0n) is 24.2. The maximum Gasteiger partial charge on any atom is 0.335 e. The van der Waals surface area contributed by atoms with Gasteiger partial charge in [0, 0.05) is 37.3 Å². The molecule has 1 aromatic heterocycles. The van der Waals surface area contributed by atoms with Crippen molar-refractivity contribution >= 4 is 34.0 Å². The minimum absolute atomic E-state index is 0.0166. The summed E-state index contributed by atoms with van der Waals surface area (Å²) in [6.07, 6.45) is 6.50. The van der Waals surface area contributed by atoms with Gasteiger partial charge in [-0.2, -0.15) is 0 Å². The van der Waals surface area contributed by atoms with Crippen molar-refractivity contribution in [2.24, 2.45) is 0 Å². The second-order valence-corrected chi connectivity index (χ2v) is 11.7. The van der Waals surface area contributed by atoms with Gasteiger partial charge in [0.25, 0.3) is 5.91 Å². The molecule has 1 N–H and O–H groups in total. The van der Waals surface area contributed by atoms with E-state index in [1.807, 2.05) is 53.7 Å². The Kier molecular flexibility index (Phi) is 9.66. The summed E-state index contributed by atoms with van der Waals surface area (Å²) in [5, 5.41) is 12.0. The number of hydrogen-bond donors (Lipinski definition) is 1. The van der Waals surface area contributed by atoms with Crippen LogP contribution in [0.2, 0.25) is 0 Å². The third-order valence-corrected chi connectivity index (χ3v) is 8.83. The van der Waals surface area contributed by atoms with E-state index in [-0.39, 0.29) is 18.1 Å². The number of rotatable bonds is 11. The van der Waals surface area contributed by atoms with Crippen molar-refractivity contribution in [3.05, 3.63) is 100 Å². The largest absolute Gasteiger partial charge is 0.478 e. The van der Waals surface area contributed by atoms with Gasteiger partial charge in [0.2, 0.25) is 0 Å². The zero-order valence-corrected chi connectivity index (χ0v) is 25.0. The molecule has 42 heavy (non-hydrogen) atoms. The van der Waals surface area contributed by atoms with Crippen LogP contribution in [0, 0.1) is 0 Å². The molecule has 7 nitrogen and oxygen atoms in total. The van der Waals surface area contributed by atoms with E-state index in [4.69, 9.17) is 14.8 Å². The lowest BCUT2D eigenvalue weighted by Crippen LogP contribution is -2.33. The fourth-order valence-electron chi connectivity index (χ4n) is 5.52. The second kappa shape index (κ2) is 13.8. The van der Waals surface area contributed by atoms with Gasteiger partial charge in [-0.05, 0) is 59.7 Å². The molecule has 1 saturated carbocycles. The van der Waals surface area contributed by atoms with E-state index in [0.29, 0.717) is 19.0 Å². The molecule has 0 unspecified atom stereocenters. The first kappa shape index (κ1) is 29.5. The molecule has 0 aliphatic heterocycles. The Labute approximate surface area is 251 Å². The number of hydrogen-bond acceptors (Lipinski definition) is 6. The van der Waals surface area contributed by atoms with Crippen molar-refractivity contribution in [2.45, 2.75) is 51.1 Å². The van der Waals surface area contributed by atoms with Crippen molar-refractivity contribution in [3.63, 3.8) is 0 Å². The number of carboxylic acids is 1. The van der Waals surface area contributed by atoms with Gasteiger partial charge in [0.1, 0.15) is 6.61 Å².